The molecule has 3 fully saturated rings. The van der Waals surface area contributed by atoms with Crippen LogP contribution < -0.4 is 10.7 Å². The van der Waals surface area contributed by atoms with Crippen molar-refractivity contribution in [2.45, 2.75) is 130 Å². The van der Waals surface area contributed by atoms with Crippen molar-refractivity contribution in [3.05, 3.63) is 58.2 Å². The second-order valence-corrected chi connectivity index (χ2v) is 22.6. The maximum absolute atomic E-state index is 14.8. The number of nitrogens with one attached hydrogen (secondary N) is 2. The molecule has 1 spiro atoms. The van der Waals surface area contributed by atoms with Gasteiger partial charge in [-0.1, -0.05) is 39.7 Å². The van der Waals surface area contributed by atoms with Crippen molar-refractivity contribution in [1.29, 1.82) is 0 Å². The van der Waals surface area contributed by atoms with Crippen LogP contribution in [0, 0.1) is 28.6 Å². The lowest BCUT2D eigenvalue weighted by Crippen LogP contribution is -2.62. The van der Waals surface area contributed by atoms with Crippen LogP contribution in [0.15, 0.2) is 41.9 Å². The van der Waals surface area contributed by atoms with Crippen LogP contribution >= 0.6 is 11.3 Å². The van der Waals surface area contributed by atoms with Gasteiger partial charge in [0, 0.05) is 85.3 Å². The standard InChI is InChI=1S/C54H71N9O7S/c1-12-61-42-18-17-35-27-37(42)38(47(61)36-15-13-23-55-45(36)34(4)69-11)29-52(5,6)32-70-50(67)39-16-14-24-63(58-39)49(66)40(28-43-56-41(35)30-71-43)57-48(65)46(33(2)3)62-26-22-54(51(62)68)21-25-60(31-54)44(64)19-20-53(7,8)59(9)10/h13,15,17-18,23,27,30,33-34,39-40,46,58H,12,14,16,21-22,24-26,28-29,31-32H2,1-11H3,(H,57,65)/t34-,39-,40-,46-,54-/m0/s1. The zero-order chi connectivity index (χ0) is 51.2. The highest BCUT2D eigenvalue weighted by atomic mass is 32.1. The highest BCUT2D eigenvalue weighted by molar-refractivity contribution is 7.10. The first kappa shape index (κ1) is 51.7. The van der Waals surface area contributed by atoms with Crippen LogP contribution in [0.2, 0.25) is 0 Å². The van der Waals surface area contributed by atoms with Gasteiger partial charge in [-0.05, 0) is 116 Å². The number of hydrogen-bond donors (Lipinski definition) is 2. The highest BCUT2D eigenvalue weighted by Gasteiger charge is 2.54. The van der Waals surface area contributed by atoms with Crippen molar-refractivity contribution >= 4 is 51.8 Å². The van der Waals surface area contributed by atoms with Crippen LogP contribution in [0.25, 0.3) is 33.4 Å². The van der Waals surface area contributed by atoms with Crippen molar-refractivity contribution in [3.63, 3.8) is 0 Å². The van der Waals surface area contributed by atoms with Gasteiger partial charge in [0.05, 0.1) is 45.8 Å². The summed E-state index contributed by atoms with van der Waals surface area (Å²) in [5.74, 6) is 3.76. The molecule has 7 heterocycles. The minimum atomic E-state index is -1.09. The van der Waals surface area contributed by atoms with Gasteiger partial charge in [-0.3, -0.25) is 38.9 Å². The van der Waals surface area contributed by atoms with Crippen molar-refractivity contribution in [2.75, 3.05) is 54.0 Å². The van der Waals surface area contributed by atoms with Crippen LogP contribution in [0.5, 0.6) is 0 Å². The van der Waals surface area contributed by atoms with Crippen LogP contribution in [0.3, 0.4) is 0 Å². The number of methoxy groups -OCH3 is 1. The van der Waals surface area contributed by atoms with Crippen LogP contribution in [0.4, 0.5) is 0 Å². The Bertz CT molecular complexity index is 2770. The minimum Gasteiger partial charge on any atom is -0.464 e. The fourth-order valence-electron chi connectivity index (χ4n) is 10.6. The summed E-state index contributed by atoms with van der Waals surface area (Å²) >= 11 is 1.41. The van der Waals surface area contributed by atoms with E-state index < -0.39 is 52.3 Å². The molecule has 2 N–H and O–H groups in total. The number of fused-ring (bicyclic) bond motifs is 6. The molecule has 16 nitrogen and oxygen atoms in total. The second-order valence-electron chi connectivity index (χ2n) is 21.7. The molecular weight excluding hydrogens is 919 g/mol. The van der Waals surface area contributed by atoms with Gasteiger partial charge in [-0.2, -0.15) is 0 Å². The van der Waals surface area contributed by atoms with Crippen LogP contribution in [-0.4, -0.2) is 141 Å². The Morgan fingerprint density at radius 2 is 1.86 bits per heavy atom. The lowest BCUT2D eigenvalue weighted by Gasteiger charge is -2.36. The molecule has 4 amide bonds. The quantitative estimate of drug-likeness (QED) is 0.149. The number of cyclic esters (lactones) is 1. The maximum atomic E-state index is 14.8. The molecular formula is C54H71N9O7S. The first-order valence-electron chi connectivity index (χ1n) is 25.1. The molecule has 4 aliphatic rings. The summed E-state index contributed by atoms with van der Waals surface area (Å²) in [6, 6.07) is 7.67. The molecule has 1 aromatic carbocycles. The molecule has 4 aromatic rings. The maximum Gasteiger partial charge on any atom is 0.324 e. The van der Waals surface area contributed by atoms with Crippen molar-refractivity contribution in [3.8, 4) is 34.4 Å². The van der Waals surface area contributed by atoms with E-state index in [1.54, 1.807) is 23.1 Å². The van der Waals surface area contributed by atoms with Crippen LogP contribution in [0.1, 0.15) is 103 Å². The number of rotatable bonds is 9. The Balaban J connectivity index is 1.12. The molecule has 380 valence electrons. The van der Waals surface area contributed by atoms with E-state index in [1.165, 1.54) is 16.3 Å². The number of benzene rings is 1. The number of amides is 4. The fourth-order valence-corrected chi connectivity index (χ4v) is 11.4. The topological polar surface area (TPSA) is 172 Å². The van der Waals surface area contributed by atoms with Gasteiger partial charge in [0.2, 0.25) is 11.8 Å². The summed E-state index contributed by atoms with van der Waals surface area (Å²) in [5, 5.41) is 8.19. The number of aryl methyl sites for hydroxylation is 1. The molecule has 5 atom stereocenters. The van der Waals surface area contributed by atoms with Gasteiger partial charge >= 0.3 is 5.97 Å². The molecule has 3 saturated heterocycles. The zero-order valence-corrected chi connectivity index (χ0v) is 44.1. The van der Waals surface area contributed by atoms with Gasteiger partial charge in [0.15, 0.2) is 0 Å². The van der Waals surface area contributed by atoms with E-state index in [4.69, 9.17) is 19.4 Å². The molecule has 8 rings (SSSR count). The monoisotopic (exact) mass is 990 g/mol. The van der Waals surface area contributed by atoms with Gasteiger partial charge in [-0.15, -0.1) is 11.3 Å². The molecule has 0 unspecified atom stereocenters. The normalized spacial score (nSPS) is 22.7. The first-order chi connectivity index (χ1) is 33.7. The van der Waals surface area contributed by atoms with Crippen molar-refractivity contribution in [2.24, 2.45) is 16.7 Å². The summed E-state index contributed by atoms with van der Waals surface area (Å²) in [6.45, 7) is 18.1. The van der Waals surface area contributed by atoms with Crippen molar-refractivity contribution < 1.29 is 33.4 Å². The number of thiazole rings is 1. The average Bonchev–Trinajstić information content (AvgIpc) is 4.14. The molecule has 3 aromatic heterocycles. The molecule has 0 aliphatic carbocycles. The molecule has 4 aliphatic heterocycles. The number of carbonyl (C=O) groups is 5. The smallest absolute Gasteiger partial charge is 0.324 e. The third-order valence-corrected chi connectivity index (χ3v) is 16.0. The number of carbonyl (C=O) groups excluding carboxylic acids is 5. The summed E-state index contributed by atoms with van der Waals surface area (Å²) in [6.07, 6.45) is 4.16. The van der Waals surface area contributed by atoms with Gasteiger partial charge in [0.25, 0.3) is 11.8 Å². The van der Waals surface area contributed by atoms with E-state index in [9.17, 15) is 24.0 Å². The number of pyridine rings is 1. The third-order valence-electron chi connectivity index (χ3n) is 15.2. The highest BCUT2D eigenvalue weighted by Crippen LogP contribution is 2.44. The van der Waals surface area contributed by atoms with Gasteiger partial charge < -0.3 is 29.2 Å². The van der Waals surface area contributed by atoms with E-state index in [1.807, 2.05) is 65.1 Å². The lowest BCUT2D eigenvalue weighted by molar-refractivity contribution is -0.155. The van der Waals surface area contributed by atoms with E-state index in [2.05, 4.69) is 72.2 Å². The summed E-state index contributed by atoms with van der Waals surface area (Å²) < 4.78 is 14.3. The number of hydrogen-bond acceptors (Lipinski definition) is 12. The summed E-state index contributed by atoms with van der Waals surface area (Å²) in [7, 11) is 5.50. The summed E-state index contributed by atoms with van der Waals surface area (Å²) in [5.41, 5.74) is 7.96. The van der Waals surface area contributed by atoms with E-state index in [0.717, 1.165) is 44.7 Å². The van der Waals surface area contributed by atoms with E-state index in [0.29, 0.717) is 63.3 Å². The predicted octanol–water partition coefficient (Wildman–Crippen LogP) is 6.02. The third kappa shape index (κ3) is 10.4. The SMILES string of the molecule is CCn1c(-c2cccnc2[C@H](C)OC)c2c3cc(ccc31)-c1csc(n1)C[C@H](NC(=O)[C@H](C(C)C)N1CC[C@]3(CCN(C(=O)C#CC(C)(C)N(C)C)C3)C1=O)C(=O)N1CCC[C@H](N1)C(=O)OCC(C)(C)C2. The second kappa shape index (κ2) is 20.4. The Labute approximate surface area is 422 Å². The Morgan fingerprint density at radius 1 is 1.10 bits per heavy atom. The Morgan fingerprint density at radius 3 is 2.58 bits per heavy atom. The number of nitrogens with zero attached hydrogens (tertiary/aromatic N) is 7. The number of hydrazine groups is 1. The lowest BCUT2D eigenvalue weighted by atomic mass is 9.84. The molecule has 6 bridgehead atoms. The molecule has 17 heteroatoms. The molecule has 71 heavy (non-hydrogen) atoms. The number of aromatic nitrogens is 3. The van der Waals surface area contributed by atoms with Crippen LogP contribution in [-0.2, 0) is 52.8 Å². The Hall–Kier alpha value is -5.67. The largest absolute Gasteiger partial charge is 0.464 e. The van der Waals surface area contributed by atoms with E-state index in [-0.39, 0.29) is 43.4 Å². The number of likely N-dealkylation sites (tertiary alicyclic amines) is 2. The Kier molecular flexibility index (Phi) is 14.9. The molecule has 0 saturated carbocycles. The van der Waals surface area contributed by atoms with Gasteiger partial charge in [0.1, 0.15) is 18.1 Å². The van der Waals surface area contributed by atoms with E-state index >= 15 is 0 Å². The molecule has 0 radical (unpaired) electrons. The zero-order valence-electron chi connectivity index (χ0n) is 43.3. The minimum absolute atomic E-state index is 0.0769. The summed E-state index contributed by atoms with van der Waals surface area (Å²) in [4.78, 5) is 86.5. The average molecular weight is 990 g/mol. The van der Waals surface area contributed by atoms with Crippen molar-refractivity contribution in [1.82, 2.24) is 45.0 Å². The van der Waals surface area contributed by atoms with Gasteiger partial charge in [-0.25, -0.2) is 10.4 Å². The number of esters is 1. The first-order valence-corrected chi connectivity index (χ1v) is 26.0. The predicted molar refractivity (Wildman–Crippen MR) is 273 cm³/mol. The number of ether oxygens (including phenoxy) is 2. The fraction of sp³-hybridized carbons (Fsp3) is 0.574.